The molecule has 0 unspecified atom stereocenters. The fraction of sp³-hybridized carbons (Fsp3) is 0.391. The molecule has 1 amide bonds. The molecule has 0 bridgehead atoms. The van der Waals surface area contributed by atoms with Crippen LogP contribution in [0.25, 0.3) is 0 Å². The van der Waals surface area contributed by atoms with Crippen LogP contribution in [0.4, 0.5) is 0 Å². The van der Waals surface area contributed by atoms with Crippen LogP contribution < -0.4 is 25.7 Å². The number of halogens is 2. The average molecular weight is 512 g/mol. The van der Waals surface area contributed by atoms with Gasteiger partial charge in [-0.3, -0.25) is 14.6 Å². The zero-order valence-electron chi connectivity index (χ0n) is 19.5. The van der Waals surface area contributed by atoms with Crippen LogP contribution in [-0.4, -0.2) is 69.2 Å². The number of guanidine groups is 1. The van der Waals surface area contributed by atoms with E-state index in [2.05, 4.69) is 14.8 Å². The van der Waals surface area contributed by atoms with Gasteiger partial charge in [0.1, 0.15) is 0 Å². The highest BCUT2D eigenvalue weighted by molar-refractivity contribution is 6.31. The predicted molar refractivity (Wildman–Crippen MR) is 135 cm³/mol. The van der Waals surface area contributed by atoms with Gasteiger partial charge in [0.25, 0.3) is 5.91 Å². The third kappa shape index (κ3) is 6.66. The maximum Gasteiger partial charge on any atom is 0.280 e. The zero-order chi connectivity index (χ0) is 24.0. The first-order valence-electron chi connectivity index (χ1n) is 10.5. The summed E-state index contributed by atoms with van der Waals surface area (Å²) in [6, 6.07) is 9.05. The summed E-state index contributed by atoms with van der Waals surface area (Å²) in [6.07, 6.45) is 0. The molecule has 2 aromatic rings. The number of aliphatic imine (C=N–C) groups is 1. The van der Waals surface area contributed by atoms with E-state index in [-0.39, 0.29) is 18.4 Å². The highest BCUT2D eigenvalue weighted by Gasteiger charge is 2.22. The van der Waals surface area contributed by atoms with E-state index in [9.17, 15) is 4.79 Å². The quantitative estimate of drug-likeness (QED) is 0.410. The lowest BCUT2D eigenvalue weighted by Crippen LogP contribution is -2.45. The molecule has 3 rings (SSSR count). The molecule has 4 N–H and O–H groups in total. The van der Waals surface area contributed by atoms with Crippen LogP contribution in [0.15, 0.2) is 35.3 Å². The van der Waals surface area contributed by atoms with Crippen molar-refractivity contribution in [3.8, 4) is 17.2 Å². The van der Waals surface area contributed by atoms with E-state index in [0.717, 1.165) is 43.9 Å². The second-order valence-corrected chi connectivity index (χ2v) is 8.10. The molecule has 1 saturated heterocycles. The molecular formula is C23H31Cl2N5O4. The number of amides is 1. The Kier molecular flexibility index (Phi) is 10.2. The standard InChI is InChI=1S/C23H30ClN5O4.ClH/c1-31-19-7-6-17(20(32-2)21(19)33-3)14-29-10-8-28(9-11-29)13-16-5-4-15(12-18(16)24)22(30)27-23(25)26;/h4-7,12H,8-11,13-14H2,1-3H3,(H4,25,26,27,30);1H. The van der Waals surface area contributed by atoms with Gasteiger partial charge in [0.05, 0.1) is 21.3 Å². The highest BCUT2D eigenvalue weighted by atomic mass is 35.5. The second-order valence-electron chi connectivity index (χ2n) is 7.69. The molecule has 34 heavy (non-hydrogen) atoms. The topological polar surface area (TPSA) is 116 Å². The Morgan fingerprint density at radius 1 is 0.912 bits per heavy atom. The molecule has 186 valence electrons. The summed E-state index contributed by atoms with van der Waals surface area (Å²) in [5.74, 6) is 1.16. The van der Waals surface area contributed by atoms with Gasteiger partial charge in [-0.15, -0.1) is 12.4 Å². The number of benzene rings is 2. The van der Waals surface area contributed by atoms with Gasteiger partial charge in [-0.2, -0.15) is 4.99 Å². The Balaban J connectivity index is 0.00000408. The molecule has 1 aliphatic rings. The SMILES string of the molecule is COc1ccc(CN2CCN(Cc3ccc(C(=O)N=C(N)N)cc3Cl)CC2)c(OC)c1OC.Cl. The van der Waals surface area contributed by atoms with Gasteiger partial charge in [0, 0.05) is 55.4 Å². The van der Waals surface area contributed by atoms with E-state index in [1.807, 2.05) is 18.2 Å². The van der Waals surface area contributed by atoms with Crippen LogP contribution in [0.1, 0.15) is 21.5 Å². The number of nitrogens with two attached hydrogens (primary N) is 2. The summed E-state index contributed by atoms with van der Waals surface area (Å²) in [4.78, 5) is 20.2. The van der Waals surface area contributed by atoms with Gasteiger partial charge in [-0.1, -0.05) is 23.7 Å². The summed E-state index contributed by atoms with van der Waals surface area (Å²) >= 11 is 6.42. The van der Waals surface area contributed by atoms with Crippen molar-refractivity contribution >= 4 is 35.9 Å². The lowest BCUT2D eigenvalue weighted by atomic mass is 10.1. The van der Waals surface area contributed by atoms with Crippen LogP contribution in [-0.2, 0) is 13.1 Å². The van der Waals surface area contributed by atoms with Gasteiger partial charge in [-0.25, -0.2) is 0 Å². The Bertz CT molecular complexity index is 1020. The largest absolute Gasteiger partial charge is 0.493 e. The summed E-state index contributed by atoms with van der Waals surface area (Å²) in [5.41, 5.74) is 12.9. The van der Waals surface area contributed by atoms with Gasteiger partial charge in [0.2, 0.25) is 5.75 Å². The highest BCUT2D eigenvalue weighted by Crippen LogP contribution is 2.40. The molecule has 9 nitrogen and oxygen atoms in total. The summed E-state index contributed by atoms with van der Waals surface area (Å²) in [6.45, 7) is 5.02. The Morgan fingerprint density at radius 2 is 1.47 bits per heavy atom. The molecule has 0 aromatic heterocycles. The Labute approximate surface area is 211 Å². The van der Waals surface area contributed by atoms with Gasteiger partial charge in [0.15, 0.2) is 17.5 Å². The lowest BCUT2D eigenvalue weighted by molar-refractivity contribution is 0.100. The first-order valence-corrected chi connectivity index (χ1v) is 10.9. The van der Waals surface area contributed by atoms with Crippen LogP contribution in [0.5, 0.6) is 17.2 Å². The normalized spacial score (nSPS) is 14.1. The van der Waals surface area contributed by atoms with E-state index < -0.39 is 5.91 Å². The van der Waals surface area contributed by atoms with E-state index in [1.54, 1.807) is 33.5 Å². The zero-order valence-corrected chi connectivity index (χ0v) is 21.1. The Morgan fingerprint density at radius 3 is 1.97 bits per heavy atom. The number of carbonyl (C=O) groups is 1. The fourth-order valence-electron chi connectivity index (χ4n) is 3.87. The van der Waals surface area contributed by atoms with E-state index in [4.69, 9.17) is 37.3 Å². The monoisotopic (exact) mass is 511 g/mol. The van der Waals surface area contributed by atoms with Crippen molar-refractivity contribution in [3.05, 3.63) is 52.0 Å². The molecule has 2 aromatic carbocycles. The molecule has 0 saturated carbocycles. The van der Waals surface area contributed by atoms with Crippen LogP contribution in [0, 0.1) is 0 Å². The third-order valence-electron chi connectivity index (χ3n) is 5.57. The minimum Gasteiger partial charge on any atom is -0.493 e. The number of carbonyl (C=O) groups excluding carboxylic acids is 1. The minimum absolute atomic E-state index is 0. The first kappa shape index (κ1) is 27.5. The number of methoxy groups -OCH3 is 3. The number of piperazine rings is 1. The maximum absolute atomic E-state index is 12.0. The number of rotatable bonds is 8. The number of ether oxygens (including phenoxy) is 3. The van der Waals surface area contributed by atoms with E-state index >= 15 is 0 Å². The number of hydrogen-bond acceptors (Lipinski definition) is 6. The molecule has 11 heteroatoms. The van der Waals surface area contributed by atoms with Crippen LogP contribution >= 0.6 is 24.0 Å². The van der Waals surface area contributed by atoms with Crippen molar-refractivity contribution in [3.63, 3.8) is 0 Å². The molecule has 1 heterocycles. The molecule has 0 radical (unpaired) electrons. The average Bonchev–Trinajstić information content (AvgIpc) is 2.80. The minimum atomic E-state index is -0.511. The molecule has 0 aliphatic carbocycles. The van der Waals surface area contributed by atoms with Crippen molar-refractivity contribution in [2.45, 2.75) is 13.1 Å². The third-order valence-corrected chi connectivity index (χ3v) is 5.92. The Hall–Kier alpha value is -2.72. The van der Waals surface area contributed by atoms with Crippen molar-refractivity contribution in [2.24, 2.45) is 16.5 Å². The molecule has 0 spiro atoms. The van der Waals surface area contributed by atoms with Gasteiger partial charge < -0.3 is 25.7 Å². The molecule has 0 atom stereocenters. The van der Waals surface area contributed by atoms with Crippen LogP contribution in [0.2, 0.25) is 5.02 Å². The summed E-state index contributed by atoms with van der Waals surface area (Å²) < 4.78 is 16.5. The first-order chi connectivity index (χ1) is 15.9. The van der Waals surface area contributed by atoms with Gasteiger partial charge in [-0.05, 0) is 23.8 Å². The molecular weight excluding hydrogens is 481 g/mol. The van der Waals surface area contributed by atoms with E-state index in [1.165, 1.54) is 0 Å². The van der Waals surface area contributed by atoms with Crippen LogP contribution in [0.3, 0.4) is 0 Å². The van der Waals surface area contributed by atoms with Crippen molar-refractivity contribution < 1.29 is 19.0 Å². The van der Waals surface area contributed by atoms with Crippen molar-refractivity contribution in [1.82, 2.24) is 9.80 Å². The fourth-order valence-corrected chi connectivity index (χ4v) is 4.11. The lowest BCUT2D eigenvalue weighted by Gasteiger charge is -2.35. The summed E-state index contributed by atoms with van der Waals surface area (Å²) in [7, 11) is 4.86. The van der Waals surface area contributed by atoms with E-state index in [0.29, 0.717) is 34.4 Å². The molecule has 1 aliphatic heterocycles. The van der Waals surface area contributed by atoms with Gasteiger partial charge >= 0.3 is 0 Å². The number of nitrogens with zero attached hydrogens (tertiary/aromatic N) is 3. The smallest absolute Gasteiger partial charge is 0.280 e. The summed E-state index contributed by atoms with van der Waals surface area (Å²) in [5, 5.41) is 0.518. The maximum atomic E-state index is 12.0. The molecule has 1 fully saturated rings. The number of hydrogen-bond donors (Lipinski definition) is 2. The second kappa shape index (κ2) is 12.7. The van der Waals surface area contributed by atoms with Crippen molar-refractivity contribution in [2.75, 3.05) is 47.5 Å². The predicted octanol–water partition coefficient (Wildman–Crippen LogP) is 2.52. The van der Waals surface area contributed by atoms with Crippen molar-refractivity contribution in [1.29, 1.82) is 0 Å².